The zero-order valence-corrected chi connectivity index (χ0v) is 17.0. The third kappa shape index (κ3) is 5.92. The molecule has 0 amide bonds. The minimum Gasteiger partial charge on any atom is -0.493 e. The maximum Gasteiger partial charge on any atom is 0.190 e. The second-order valence-electron chi connectivity index (χ2n) is 5.95. The van der Waals surface area contributed by atoms with E-state index in [-0.39, 0.29) is 24.0 Å². The average molecular weight is 451 g/mol. The number of nitrogens with zero attached hydrogens (tertiary/aromatic N) is 1. The summed E-state index contributed by atoms with van der Waals surface area (Å²) in [6, 6.07) is 17.0. The van der Waals surface area contributed by atoms with Crippen LogP contribution in [0, 0.1) is 0 Å². The van der Waals surface area contributed by atoms with Gasteiger partial charge in [0.05, 0.1) is 6.61 Å². The van der Waals surface area contributed by atoms with Gasteiger partial charge < -0.3 is 15.4 Å². The molecule has 5 heteroatoms. The summed E-state index contributed by atoms with van der Waals surface area (Å²) in [6.07, 6.45) is 3.00. The van der Waals surface area contributed by atoms with Crippen molar-refractivity contribution in [2.75, 3.05) is 26.7 Å². The molecule has 2 aromatic rings. The number of fused-ring (bicyclic) bond motifs is 1. The Kier molecular flexibility index (Phi) is 8.04. The van der Waals surface area contributed by atoms with Crippen LogP contribution in [-0.2, 0) is 19.3 Å². The maximum atomic E-state index is 5.55. The number of aliphatic imine (C=N–C) groups is 1. The molecule has 0 saturated heterocycles. The van der Waals surface area contributed by atoms with Crippen molar-refractivity contribution in [3.05, 3.63) is 65.2 Å². The lowest BCUT2D eigenvalue weighted by atomic mass is 10.1. The number of ether oxygens (including phenoxy) is 1. The van der Waals surface area contributed by atoms with Crippen LogP contribution < -0.4 is 15.4 Å². The number of benzene rings is 2. The van der Waals surface area contributed by atoms with E-state index < -0.39 is 0 Å². The lowest BCUT2D eigenvalue weighted by molar-refractivity contribution is 0.357. The molecule has 4 nitrogen and oxygen atoms in total. The van der Waals surface area contributed by atoms with Gasteiger partial charge in [-0.15, -0.1) is 24.0 Å². The van der Waals surface area contributed by atoms with Crippen molar-refractivity contribution in [2.45, 2.75) is 19.3 Å². The number of hydrogen-bond acceptors (Lipinski definition) is 2. The molecule has 2 N–H and O–H groups in total. The van der Waals surface area contributed by atoms with E-state index in [1.165, 1.54) is 16.7 Å². The van der Waals surface area contributed by atoms with E-state index in [2.05, 4.69) is 58.1 Å². The molecular weight excluding hydrogens is 425 g/mol. The molecule has 1 heterocycles. The molecule has 0 unspecified atom stereocenters. The monoisotopic (exact) mass is 451 g/mol. The summed E-state index contributed by atoms with van der Waals surface area (Å²) in [5.41, 5.74) is 4.00. The summed E-state index contributed by atoms with van der Waals surface area (Å²) in [5.74, 6) is 1.90. The van der Waals surface area contributed by atoms with Gasteiger partial charge in [-0.3, -0.25) is 4.99 Å². The summed E-state index contributed by atoms with van der Waals surface area (Å²) < 4.78 is 5.55. The van der Waals surface area contributed by atoms with Crippen molar-refractivity contribution in [1.82, 2.24) is 10.6 Å². The minimum atomic E-state index is 0. The molecule has 0 atom stereocenters. The number of rotatable bonds is 6. The van der Waals surface area contributed by atoms with Crippen LogP contribution in [0.25, 0.3) is 0 Å². The molecule has 1 aliphatic rings. The molecule has 0 fully saturated rings. The zero-order chi connectivity index (χ0) is 16.6. The number of halogens is 1. The molecular formula is C20H26IN3O. The van der Waals surface area contributed by atoms with Crippen molar-refractivity contribution in [1.29, 1.82) is 0 Å². The second kappa shape index (κ2) is 10.3. The highest BCUT2D eigenvalue weighted by molar-refractivity contribution is 14.0. The summed E-state index contributed by atoms with van der Waals surface area (Å²) in [4.78, 5) is 4.28. The molecule has 0 radical (unpaired) electrons. The Labute approximate surface area is 167 Å². The van der Waals surface area contributed by atoms with Gasteiger partial charge in [-0.25, -0.2) is 0 Å². The highest BCUT2D eigenvalue weighted by Gasteiger charge is 2.11. The largest absolute Gasteiger partial charge is 0.493 e. The first kappa shape index (κ1) is 19.6. The first-order chi connectivity index (χ1) is 11.8. The molecule has 25 heavy (non-hydrogen) atoms. The van der Waals surface area contributed by atoms with Crippen molar-refractivity contribution in [2.24, 2.45) is 4.99 Å². The minimum absolute atomic E-state index is 0. The van der Waals surface area contributed by atoms with E-state index >= 15 is 0 Å². The fourth-order valence-electron chi connectivity index (χ4n) is 2.91. The van der Waals surface area contributed by atoms with Gasteiger partial charge in [0.1, 0.15) is 5.75 Å². The second-order valence-corrected chi connectivity index (χ2v) is 5.95. The third-order valence-electron chi connectivity index (χ3n) is 4.23. The fourth-order valence-corrected chi connectivity index (χ4v) is 2.91. The number of hydrogen-bond donors (Lipinski definition) is 2. The maximum absolute atomic E-state index is 5.55. The predicted molar refractivity (Wildman–Crippen MR) is 114 cm³/mol. The Hall–Kier alpha value is -1.76. The molecule has 0 aliphatic carbocycles. The summed E-state index contributed by atoms with van der Waals surface area (Å²) in [6.45, 7) is 2.56. The molecule has 2 aromatic carbocycles. The third-order valence-corrected chi connectivity index (χ3v) is 4.23. The highest BCUT2D eigenvalue weighted by atomic mass is 127. The van der Waals surface area contributed by atoms with E-state index in [0.717, 1.165) is 50.7 Å². The first-order valence-electron chi connectivity index (χ1n) is 8.58. The molecule has 0 aromatic heterocycles. The lowest BCUT2D eigenvalue weighted by Gasteiger charge is -2.12. The number of nitrogens with one attached hydrogen (secondary N) is 2. The molecule has 1 aliphatic heterocycles. The lowest BCUT2D eigenvalue weighted by Crippen LogP contribution is -2.39. The summed E-state index contributed by atoms with van der Waals surface area (Å²) in [7, 11) is 1.81. The van der Waals surface area contributed by atoms with Crippen molar-refractivity contribution in [3.8, 4) is 5.75 Å². The van der Waals surface area contributed by atoms with Crippen LogP contribution in [0.1, 0.15) is 16.7 Å². The SMILES string of the molecule is CN=C(NCCc1ccccc1)NCCc1ccc2c(c1)CCO2.I. The Balaban J connectivity index is 0.00000225. The fraction of sp³-hybridized carbons (Fsp3) is 0.350. The van der Waals surface area contributed by atoms with E-state index in [4.69, 9.17) is 4.74 Å². The molecule has 0 spiro atoms. The topological polar surface area (TPSA) is 45.7 Å². The Bertz CT molecular complexity index is 689. The number of guanidine groups is 1. The van der Waals surface area contributed by atoms with Crippen molar-refractivity contribution < 1.29 is 4.74 Å². The Morgan fingerprint density at radius 3 is 2.44 bits per heavy atom. The van der Waals surface area contributed by atoms with Crippen LogP contribution in [0.5, 0.6) is 5.75 Å². The van der Waals surface area contributed by atoms with E-state index in [1.54, 1.807) is 0 Å². The van der Waals surface area contributed by atoms with Crippen LogP contribution >= 0.6 is 24.0 Å². The van der Waals surface area contributed by atoms with Gasteiger partial charge in [-0.2, -0.15) is 0 Å². The van der Waals surface area contributed by atoms with Crippen LogP contribution in [-0.4, -0.2) is 32.7 Å². The van der Waals surface area contributed by atoms with Crippen LogP contribution in [0.4, 0.5) is 0 Å². The van der Waals surface area contributed by atoms with Gasteiger partial charge in [-0.05, 0) is 35.6 Å². The standard InChI is InChI=1S/C20H25N3O.HI/c1-21-20(22-12-9-16-5-3-2-4-6-16)23-13-10-17-7-8-19-18(15-17)11-14-24-19;/h2-8,15H,9-14H2,1H3,(H2,21,22,23);1H. The van der Waals surface area contributed by atoms with E-state index in [9.17, 15) is 0 Å². The Morgan fingerprint density at radius 2 is 1.72 bits per heavy atom. The van der Waals surface area contributed by atoms with Crippen molar-refractivity contribution in [3.63, 3.8) is 0 Å². The van der Waals surface area contributed by atoms with Crippen molar-refractivity contribution >= 4 is 29.9 Å². The zero-order valence-electron chi connectivity index (χ0n) is 14.6. The van der Waals surface area contributed by atoms with Gasteiger partial charge in [0.25, 0.3) is 0 Å². The average Bonchev–Trinajstić information content (AvgIpc) is 3.09. The molecule has 3 rings (SSSR count). The smallest absolute Gasteiger partial charge is 0.190 e. The summed E-state index contributed by atoms with van der Waals surface area (Å²) >= 11 is 0. The van der Waals surface area contributed by atoms with Gasteiger partial charge in [-0.1, -0.05) is 42.5 Å². The van der Waals surface area contributed by atoms with Gasteiger partial charge in [0.15, 0.2) is 5.96 Å². The van der Waals surface area contributed by atoms with Gasteiger partial charge in [0, 0.05) is 26.6 Å². The van der Waals surface area contributed by atoms with Crippen LogP contribution in [0.15, 0.2) is 53.5 Å². The van der Waals surface area contributed by atoms with Crippen LogP contribution in [0.3, 0.4) is 0 Å². The highest BCUT2D eigenvalue weighted by Crippen LogP contribution is 2.25. The quantitative estimate of drug-likeness (QED) is 0.403. The van der Waals surface area contributed by atoms with E-state index in [0.29, 0.717) is 0 Å². The van der Waals surface area contributed by atoms with Crippen LogP contribution in [0.2, 0.25) is 0 Å². The predicted octanol–water partition coefficient (Wildman–Crippen LogP) is 3.19. The van der Waals surface area contributed by atoms with Gasteiger partial charge in [0.2, 0.25) is 0 Å². The first-order valence-corrected chi connectivity index (χ1v) is 8.58. The summed E-state index contributed by atoms with van der Waals surface area (Å²) in [5, 5.41) is 6.74. The van der Waals surface area contributed by atoms with E-state index in [1.807, 2.05) is 13.1 Å². The molecule has 134 valence electrons. The molecule has 0 saturated carbocycles. The van der Waals surface area contributed by atoms with Gasteiger partial charge >= 0.3 is 0 Å². The Morgan fingerprint density at radius 1 is 1.00 bits per heavy atom. The molecule has 0 bridgehead atoms. The normalized spacial score (nSPS) is 12.8.